The van der Waals surface area contributed by atoms with Crippen molar-refractivity contribution < 1.29 is 14.3 Å². The van der Waals surface area contributed by atoms with Crippen LogP contribution in [0.3, 0.4) is 0 Å². The van der Waals surface area contributed by atoms with E-state index < -0.39 is 12.0 Å². The van der Waals surface area contributed by atoms with Gasteiger partial charge in [-0.05, 0) is 0 Å². The third-order valence-corrected chi connectivity index (χ3v) is 8.93. The van der Waals surface area contributed by atoms with Crippen molar-refractivity contribution in [2.24, 2.45) is 4.99 Å². The van der Waals surface area contributed by atoms with Crippen LogP contribution in [0.2, 0.25) is 0 Å². The van der Waals surface area contributed by atoms with E-state index in [0.29, 0.717) is 5.75 Å². The zero-order chi connectivity index (χ0) is 19.7. The van der Waals surface area contributed by atoms with Gasteiger partial charge in [-0.25, -0.2) is 4.79 Å². The van der Waals surface area contributed by atoms with E-state index in [-0.39, 0.29) is 21.3 Å². The Labute approximate surface area is 168 Å². The number of hydrogen-bond donors (Lipinski definition) is 0. The Balaban J connectivity index is 4.88. The summed E-state index contributed by atoms with van der Waals surface area (Å²) in [6.45, 7) is 12.6. The fourth-order valence-electron chi connectivity index (χ4n) is 1.25. The quantitative estimate of drug-likeness (QED) is 0.307. The van der Waals surface area contributed by atoms with Crippen LogP contribution < -0.4 is 0 Å². The van der Waals surface area contributed by atoms with Crippen molar-refractivity contribution in [1.29, 1.82) is 0 Å². The molecule has 0 aliphatic carbocycles. The maximum atomic E-state index is 12.4. The molecule has 0 radical (unpaired) electrons. The van der Waals surface area contributed by atoms with E-state index in [1.165, 1.54) is 21.9 Å². The highest BCUT2D eigenvalue weighted by atomic mass is 33.1. The van der Waals surface area contributed by atoms with Crippen molar-refractivity contribution in [2.75, 3.05) is 26.5 Å². The molecule has 0 aromatic carbocycles. The summed E-state index contributed by atoms with van der Waals surface area (Å²) in [4.78, 5) is 30.1. The van der Waals surface area contributed by atoms with Crippen LogP contribution in [0.1, 0.15) is 41.5 Å². The van der Waals surface area contributed by atoms with Crippen molar-refractivity contribution >= 4 is 60.6 Å². The molecule has 0 bridgehead atoms. The van der Waals surface area contributed by atoms with Gasteiger partial charge in [-0.15, -0.1) is 0 Å². The lowest BCUT2D eigenvalue weighted by Gasteiger charge is -2.27. The van der Waals surface area contributed by atoms with Crippen molar-refractivity contribution in [1.82, 2.24) is 4.90 Å². The smallest absolute Gasteiger partial charge is 0.330 e. The molecule has 146 valence electrons. The molecular weight excluding hydrogens is 396 g/mol. The second-order valence-corrected chi connectivity index (χ2v) is 13.3. The maximum Gasteiger partial charge on any atom is 0.330 e. The second kappa shape index (κ2) is 11.7. The number of hydrogen-bond acceptors (Lipinski definition) is 8. The highest BCUT2D eigenvalue weighted by Gasteiger charge is 2.30. The number of aliphatic imine (C=N–C) groups is 1. The lowest BCUT2D eigenvalue weighted by atomic mass is 10.3. The van der Waals surface area contributed by atoms with Gasteiger partial charge in [0.1, 0.15) is 12.6 Å². The molecule has 0 aromatic rings. The van der Waals surface area contributed by atoms with Crippen LogP contribution in [-0.2, 0) is 9.53 Å². The Morgan fingerprint density at radius 1 is 1.12 bits per heavy atom. The number of esters is 1. The fourth-order valence-corrected chi connectivity index (χ4v) is 5.69. The lowest BCUT2D eigenvalue weighted by molar-refractivity contribution is -0.145. The number of carbonyl (C=O) groups excluding carboxylic acids is 2. The number of nitrogens with zero attached hydrogens (tertiary/aromatic N) is 2. The molecule has 0 fully saturated rings. The predicted octanol–water partition coefficient (Wildman–Crippen LogP) is 5.01. The molecule has 5 nitrogen and oxygen atoms in total. The van der Waals surface area contributed by atoms with Crippen LogP contribution in [-0.4, -0.2) is 64.3 Å². The SMILES string of the molecule is CN=CCOC(=O)[C@H](CSSC(C)(C)C)N(C)C(=O)SSC(C)(C)C. The Bertz CT molecular complexity index is 459. The lowest BCUT2D eigenvalue weighted by Crippen LogP contribution is -2.43. The van der Waals surface area contributed by atoms with Crippen LogP contribution in [0.15, 0.2) is 4.99 Å². The van der Waals surface area contributed by atoms with Gasteiger partial charge in [-0.2, -0.15) is 0 Å². The van der Waals surface area contributed by atoms with Crippen molar-refractivity contribution in [3.05, 3.63) is 0 Å². The van der Waals surface area contributed by atoms with Crippen molar-refractivity contribution in [2.45, 2.75) is 57.1 Å². The van der Waals surface area contributed by atoms with Crippen molar-refractivity contribution in [3.63, 3.8) is 0 Å². The topological polar surface area (TPSA) is 59.0 Å². The molecule has 1 amide bonds. The molecule has 0 aliphatic heterocycles. The van der Waals surface area contributed by atoms with Crippen LogP contribution in [0.25, 0.3) is 0 Å². The number of carbonyl (C=O) groups is 2. The minimum Gasteiger partial charge on any atom is -0.458 e. The Morgan fingerprint density at radius 2 is 1.68 bits per heavy atom. The van der Waals surface area contributed by atoms with E-state index in [1.54, 1.807) is 35.7 Å². The molecule has 0 saturated heterocycles. The largest absolute Gasteiger partial charge is 0.458 e. The molecule has 25 heavy (non-hydrogen) atoms. The minimum atomic E-state index is -0.620. The zero-order valence-corrected chi connectivity index (χ0v) is 19.6. The number of ether oxygens (including phenoxy) is 1. The third-order valence-electron chi connectivity index (χ3n) is 2.41. The van der Waals surface area contributed by atoms with Gasteiger partial charge in [0, 0.05) is 46.4 Å². The summed E-state index contributed by atoms with van der Waals surface area (Å²) in [6.07, 6.45) is 1.53. The second-order valence-electron chi connectivity index (χ2n) is 7.22. The molecule has 0 N–H and O–H groups in total. The molecule has 0 saturated carbocycles. The zero-order valence-electron chi connectivity index (χ0n) is 16.3. The van der Waals surface area contributed by atoms with E-state index >= 15 is 0 Å². The predicted molar refractivity (Wildman–Crippen MR) is 117 cm³/mol. The summed E-state index contributed by atoms with van der Waals surface area (Å²) < 4.78 is 5.26. The van der Waals surface area contributed by atoms with Crippen LogP contribution >= 0.6 is 43.2 Å². The Morgan fingerprint density at radius 3 is 2.16 bits per heavy atom. The van der Waals surface area contributed by atoms with E-state index in [2.05, 4.69) is 25.8 Å². The molecule has 0 spiro atoms. The first-order valence-corrected chi connectivity index (χ1v) is 12.3. The monoisotopic (exact) mass is 426 g/mol. The standard InChI is InChI=1S/C16H30N2O3S4/c1-15(2,3)24-22-11-12(13(19)21-10-9-17-7)18(8)14(20)23-25-16(4,5)6/h9,12H,10-11H2,1-8H3/t12-/m0/s1. The summed E-state index contributed by atoms with van der Waals surface area (Å²) in [7, 11) is 9.19. The van der Waals surface area contributed by atoms with Gasteiger partial charge in [0.05, 0.1) is 0 Å². The summed E-state index contributed by atoms with van der Waals surface area (Å²) in [6, 6.07) is -0.620. The average Bonchev–Trinajstić information content (AvgIpc) is 2.46. The van der Waals surface area contributed by atoms with Gasteiger partial charge in [-0.3, -0.25) is 9.79 Å². The first-order chi connectivity index (χ1) is 11.4. The molecular formula is C16H30N2O3S4. The summed E-state index contributed by atoms with van der Waals surface area (Å²) in [5.74, 6) is 0.0756. The minimum absolute atomic E-state index is 0.0361. The van der Waals surface area contributed by atoms with Crippen LogP contribution in [0.5, 0.6) is 0 Å². The number of likely N-dealkylation sites (N-methyl/N-ethyl adjacent to an activating group) is 1. The molecule has 0 unspecified atom stereocenters. The first kappa shape index (κ1) is 25.0. The number of rotatable bonds is 8. The molecule has 1 atom stereocenters. The highest BCUT2D eigenvalue weighted by Crippen LogP contribution is 2.38. The third kappa shape index (κ3) is 12.9. The van der Waals surface area contributed by atoms with E-state index in [0.717, 1.165) is 10.8 Å². The highest BCUT2D eigenvalue weighted by molar-refractivity contribution is 8.82. The van der Waals surface area contributed by atoms with Crippen LogP contribution in [0, 0.1) is 0 Å². The average molecular weight is 427 g/mol. The van der Waals surface area contributed by atoms with E-state index in [9.17, 15) is 9.59 Å². The van der Waals surface area contributed by atoms with Gasteiger partial charge in [0.2, 0.25) is 0 Å². The van der Waals surface area contributed by atoms with E-state index in [1.807, 2.05) is 20.8 Å². The van der Waals surface area contributed by atoms with Crippen LogP contribution in [0.4, 0.5) is 4.79 Å². The summed E-state index contributed by atoms with van der Waals surface area (Å²) in [5, 5.41) is -0.146. The van der Waals surface area contributed by atoms with Gasteiger partial charge in [0.15, 0.2) is 0 Å². The first-order valence-electron chi connectivity index (χ1n) is 7.88. The Kier molecular flexibility index (Phi) is 11.7. The summed E-state index contributed by atoms with van der Waals surface area (Å²) in [5.41, 5.74) is 0. The molecule has 9 heteroatoms. The molecule has 0 aromatic heterocycles. The fraction of sp³-hybridized carbons (Fsp3) is 0.812. The van der Waals surface area contributed by atoms with Gasteiger partial charge in [-0.1, -0.05) is 73.9 Å². The maximum absolute atomic E-state index is 12.4. The summed E-state index contributed by atoms with van der Waals surface area (Å²) >= 11 is 0. The molecule has 0 heterocycles. The number of amides is 1. The normalized spacial score (nSPS) is 13.8. The molecule has 0 rings (SSSR count). The molecule has 0 aliphatic rings. The van der Waals surface area contributed by atoms with Gasteiger partial charge < -0.3 is 9.64 Å². The van der Waals surface area contributed by atoms with Crippen molar-refractivity contribution in [3.8, 4) is 0 Å². The van der Waals surface area contributed by atoms with E-state index in [4.69, 9.17) is 4.74 Å². The Hall–Kier alpha value is 0.01000. The van der Waals surface area contributed by atoms with Gasteiger partial charge in [0.25, 0.3) is 5.24 Å². The van der Waals surface area contributed by atoms with Gasteiger partial charge >= 0.3 is 5.97 Å².